The van der Waals surface area contributed by atoms with Crippen molar-refractivity contribution in [1.29, 1.82) is 0 Å². The van der Waals surface area contributed by atoms with E-state index >= 15 is 0 Å². The lowest BCUT2D eigenvalue weighted by Crippen LogP contribution is -2.27. The molecule has 22 heavy (non-hydrogen) atoms. The molecule has 2 aromatic heterocycles. The summed E-state index contributed by atoms with van der Waals surface area (Å²) in [6, 6.07) is 17.6. The zero-order chi connectivity index (χ0) is 15.2. The van der Waals surface area contributed by atoms with Crippen LogP contribution < -0.4 is 0 Å². The number of furan rings is 2. The molecule has 3 aromatic rings. The number of rotatable bonds is 7. The molecule has 1 unspecified atom stereocenters. The minimum atomic E-state index is -0.659. The Kier molecular flexibility index (Phi) is 4.73. The van der Waals surface area contributed by atoms with E-state index in [1.807, 2.05) is 30.3 Å². The van der Waals surface area contributed by atoms with E-state index in [4.69, 9.17) is 8.83 Å². The van der Waals surface area contributed by atoms with E-state index in [1.54, 1.807) is 24.7 Å². The number of benzene rings is 1. The van der Waals surface area contributed by atoms with Gasteiger partial charge in [-0.25, -0.2) is 0 Å². The molecular weight excluding hydrogens is 278 g/mol. The van der Waals surface area contributed by atoms with Crippen LogP contribution in [0.25, 0.3) is 0 Å². The van der Waals surface area contributed by atoms with Gasteiger partial charge in [0.15, 0.2) is 0 Å². The van der Waals surface area contributed by atoms with Crippen molar-refractivity contribution in [1.82, 2.24) is 4.90 Å². The molecule has 4 nitrogen and oxygen atoms in total. The number of aliphatic hydroxyl groups is 1. The second kappa shape index (κ2) is 7.11. The van der Waals surface area contributed by atoms with Crippen molar-refractivity contribution in [2.24, 2.45) is 0 Å². The van der Waals surface area contributed by atoms with Gasteiger partial charge in [0.05, 0.1) is 19.1 Å². The molecular formula is C18H19NO3. The highest BCUT2D eigenvalue weighted by molar-refractivity contribution is 5.15. The molecule has 0 fully saturated rings. The van der Waals surface area contributed by atoms with Gasteiger partial charge in [0.25, 0.3) is 0 Å². The van der Waals surface area contributed by atoms with Crippen LogP contribution in [-0.4, -0.2) is 16.6 Å². The van der Waals surface area contributed by atoms with Gasteiger partial charge in [-0.15, -0.1) is 0 Å². The molecule has 0 saturated heterocycles. The van der Waals surface area contributed by atoms with Crippen molar-refractivity contribution in [3.63, 3.8) is 0 Å². The standard InChI is InChI=1S/C18H19NO3/c20-17(18-9-5-11-22-18)14-19(13-16-8-4-10-21-16)12-15-6-2-1-3-7-15/h1-11,17,20H,12-14H2. The number of hydrogen-bond acceptors (Lipinski definition) is 4. The second-order valence-electron chi connectivity index (χ2n) is 5.27. The lowest BCUT2D eigenvalue weighted by atomic mass is 10.2. The Balaban J connectivity index is 1.70. The summed E-state index contributed by atoms with van der Waals surface area (Å²) in [6.07, 6.45) is 2.58. The third kappa shape index (κ3) is 3.87. The van der Waals surface area contributed by atoms with E-state index in [0.29, 0.717) is 18.8 Å². The van der Waals surface area contributed by atoms with Gasteiger partial charge >= 0.3 is 0 Å². The minimum Gasteiger partial charge on any atom is -0.468 e. The first-order valence-corrected chi connectivity index (χ1v) is 7.31. The summed E-state index contributed by atoms with van der Waals surface area (Å²) in [5.74, 6) is 1.46. The van der Waals surface area contributed by atoms with Gasteiger partial charge < -0.3 is 13.9 Å². The fourth-order valence-electron chi connectivity index (χ4n) is 2.46. The van der Waals surface area contributed by atoms with E-state index in [2.05, 4.69) is 17.0 Å². The maximum atomic E-state index is 10.3. The summed E-state index contributed by atoms with van der Waals surface area (Å²) in [5, 5.41) is 10.3. The van der Waals surface area contributed by atoms with E-state index in [0.717, 1.165) is 12.3 Å². The van der Waals surface area contributed by atoms with Crippen molar-refractivity contribution in [3.8, 4) is 0 Å². The van der Waals surface area contributed by atoms with Gasteiger partial charge in [0.2, 0.25) is 0 Å². The molecule has 1 atom stereocenters. The normalized spacial score (nSPS) is 12.6. The molecule has 3 rings (SSSR count). The first kappa shape index (κ1) is 14.6. The topological polar surface area (TPSA) is 49.8 Å². The maximum absolute atomic E-state index is 10.3. The molecule has 0 aliphatic carbocycles. The third-order valence-corrected chi connectivity index (χ3v) is 3.51. The molecule has 1 N–H and O–H groups in total. The SMILES string of the molecule is OC(CN(Cc1ccccc1)Cc1ccco1)c1ccco1. The highest BCUT2D eigenvalue weighted by atomic mass is 16.4. The van der Waals surface area contributed by atoms with Crippen LogP contribution in [0.15, 0.2) is 76.0 Å². The van der Waals surface area contributed by atoms with Crippen LogP contribution in [-0.2, 0) is 13.1 Å². The highest BCUT2D eigenvalue weighted by Gasteiger charge is 2.17. The Hall–Kier alpha value is -2.30. The van der Waals surface area contributed by atoms with Crippen molar-refractivity contribution in [2.45, 2.75) is 19.2 Å². The van der Waals surface area contributed by atoms with E-state index in [9.17, 15) is 5.11 Å². The molecule has 0 bridgehead atoms. The van der Waals surface area contributed by atoms with E-state index in [1.165, 1.54) is 5.56 Å². The Morgan fingerprint density at radius 1 is 0.864 bits per heavy atom. The summed E-state index contributed by atoms with van der Waals surface area (Å²) in [6.45, 7) is 1.85. The molecule has 1 aromatic carbocycles. The van der Waals surface area contributed by atoms with Gasteiger partial charge in [-0.1, -0.05) is 30.3 Å². The predicted octanol–water partition coefficient (Wildman–Crippen LogP) is 3.61. The molecule has 4 heteroatoms. The third-order valence-electron chi connectivity index (χ3n) is 3.51. The largest absolute Gasteiger partial charge is 0.468 e. The number of nitrogens with zero attached hydrogens (tertiary/aromatic N) is 1. The Morgan fingerprint density at radius 2 is 1.64 bits per heavy atom. The first-order chi connectivity index (χ1) is 10.8. The summed E-state index contributed by atoms with van der Waals surface area (Å²) >= 11 is 0. The zero-order valence-electron chi connectivity index (χ0n) is 12.3. The average molecular weight is 297 g/mol. The van der Waals surface area contributed by atoms with Gasteiger partial charge in [0.1, 0.15) is 17.6 Å². The van der Waals surface area contributed by atoms with Crippen LogP contribution in [0.5, 0.6) is 0 Å². The van der Waals surface area contributed by atoms with Crippen molar-refractivity contribution in [2.75, 3.05) is 6.54 Å². The zero-order valence-corrected chi connectivity index (χ0v) is 12.3. The summed E-state index contributed by atoms with van der Waals surface area (Å²) < 4.78 is 10.7. The predicted molar refractivity (Wildman–Crippen MR) is 82.9 cm³/mol. The molecule has 0 saturated carbocycles. The molecule has 0 aliphatic heterocycles. The molecule has 0 radical (unpaired) electrons. The molecule has 114 valence electrons. The Labute approximate surface area is 129 Å². The molecule has 0 spiro atoms. The molecule has 0 aliphatic rings. The molecule has 0 amide bonds. The van der Waals surface area contributed by atoms with E-state index < -0.39 is 6.10 Å². The van der Waals surface area contributed by atoms with Gasteiger partial charge in [0, 0.05) is 13.1 Å². The average Bonchev–Trinajstić information content (AvgIpc) is 3.21. The minimum absolute atomic E-state index is 0.475. The van der Waals surface area contributed by atoms with Crippen LogP contribution in [0, 0.1) is 0 Å². The van der Waals surface area contributed by atoms with Gasteiger partial charge in [-0.3, -0.25) is 4.90 Å². The maximum Gasteiger partial charge on any atom is 0.133 e. The highest BCUT2D eigenvalue weighted by Crippen LogP contribution is 2.18. The van der Waals surface area contributed by atoms with E-state index in [-0.39, 0.29) is 0 Å². The van der Waals surface area contributed by atoms with Crippen LogP contribution in [0.3, 0.4) is 0 Å². The van der Waals surface area contributed by atoms with Crippen LogP contribution in [0.4, 0.5) is 0 Å². The number of hydrogen-bond donors (Lipinski definition) is 1. The fraction of sp³-hybridized carbons (Fsp3) is 0.222. The van der Waals surface area contributed by atoms with Gasteiger partial charge in [-0.05, 0) is 29.8 Å². The second-order valence-corrected chi connectivity index (χ2v) is 5.27. The molecule has 2 heterocycles. The Morgan fingerprint density at radius 3 is 2.32 bits per heavy atom. The summed E-state index contributed by atoms with van der Waals surface area (Å²) in [7, 11) is 0. The van der Waals surface area contributed by atoms with Crippen molar-refractivity contribution >= 4 is 0 Å². The Bertz CT molecular complexity index is 647. The van der Waals surface area contributed by atoms with Crippen molar-refractivity contribution in [3.05, 3.63) is 84.2 Å². The lowest BCUT2D eigenvalue weighted by Gasteiger charge is -2.23. The monoisotopic (exact) mass is 297 g/mol. The quantitative estimate of drug-likeness (QED) is 0.724. The smallest absolute Gasteiger partial charge is 0.133 e. The van der Waals surface area contributed by atoms with Crippen LogP contribution >= 0.6 is 0 Å². The summed E-state index contributed by atoms with van der Waals surface area (Å²) in [5.41, 5.74) is 1.20. The van der Waals surface area contributed by atoms with Crippen LogP contribution in [0.2, 0.25) is 0 Å². The van der Waals surface area contributed by atoms with Crippen molar-refractivity contribution < 1.29 is 13.9 Å². The van der Waals surface area contributed by atoms with Crippen LogP contribution in [0.1, 0.15) is 23.2 Å². The summed E-state index contributed by atoms with van der Waals surface area (Å²) in [4.78, 5) is 2.14. The fourth-order valence-corrected chi connectivity index (χ4v) is 2.46. The first-order valence-electron chi connectivity index (χ1n) is 7.31. The van der Waals surface area contributed by atoms with Gasteiger partial charge in [-0.2, -0.15) is 0 Å². The number of aliphatic hydroxyl groups excluding tert-OH is 1. The lowest BCUT2D eigenvalue weighted by molar-refractivity contribution is 0.0838.